The number of anilines is 1. The van der Waals surface area contributed by atoms with E-state index in [1.807, 2.05) is 12.1 Å². The van der Waals surface area contributed by atoms with Gasteiger partial charge in [0, 0.05) is 19.2 Å². The Morgan fingerprint density at radius 3 is 2.54 bits per heavy atom. The van der Waals surface area contributed by atoms with Crippen molar-refractivity contribution in [1.82, 2.24) is 9.88 Å². The van der Waals surface area contributed by atoms with Crippen molar-refractivity contribution in [2.24, 2.45) is 0 Å². The van der Waals surface area contributed by atoms with Gasteiger partial charge in [0.25, 0.3) is 5.91 Å². The summed E-state index contributed by atoms with van der Waals surface area (Å²) in [5.41, 5.74) is 0.655. The maximum Gasteiger partial charge on any atom is 0.324 e. The summed E-state index contributed by atoms with van der Waals surface area (Å²) in [6.45, 7) is 6.98. The fourth-order valence-electron chi connectivity index (χ4n) is 2.76. The molecule has 2 aromatic heterocycles. The number of likely N-dealkylation sites (N-methyl/N-ethyl adjacent to an activating group) is 1. The van der Waals surface area contributed by atoms with Gasteiger partial charge in [-0.25, -0.2) is 4.98 Å². The van der Waals surface area contributed by atoms with Gasteiger partial charge < -0.3 is 4.90 Å². The molecular weight excluding hydrogens is 420 g/mol. The molecule has 0 saturated carbocycles. The molecular formula is C18H19ClN4O3S2. The van der Waals surface area contributed by atoms with Gasteiger partial charge in [-0.2, -0.15) is 0 Å². The Labute approximate surface area is 175 Å². The Balaban J connectivity index is 1.96. The SMILES string of the molecule is CCN(CC)CCN(C(=O)c1ccc([N+](=O)[O-])s1)c1nc2c(Cl)cccc2s1. The normalized spacial score (nSPS) is 11.3. The molecule has 0 aliphatic carbocycles. The lowest BCUT2D eigenvalue weighted by Gasteiger charge is -2.24. The minimum atomic E-state index is -0.487. The topological polar surface area (TPSA) is 79.6 Å². The van der Waals surface area contributed by atoms with Gasteiger partial charge in [0.2, 0.25) is 0 Å². The molecule has 28 heavy (non-hydrogen) atoms. The molecule has 0 N–H and O–H groups in total. The maximum atomic E-state index is 13.2. The highest BCUT2D eigenvalue weighted by Gasteiger charge is 2.25. The molecule has 0 aliphatic heterocycles. The van der Waals surface area contributed by atoms with Crippen molar-refractivity contribution in [2.75, 3.05) is 31.1 Å². The van der Waals surface area contributed by atoms with Gasteiger partial charge in [0.1, 0.15) is 5.52 Å². The first kappa shape index (κ1) is 20.7. The molecule has 1 amide bonds. The van der Waals surface area contributed by atoms with Crippen molar-refractivity contribution in [3.8, 4) is 0 Å². The third-order valence-corrected chi connectivity index (χ3v) is 6.72. The van der Waals surface area contributed by atoms with E-state index in [1.165, 1.54) is 23.5 Å². The highest BCUT2D eigenvalue weighted by atomic mass is 35.5. The zero-order valence-corrected chi connectivity index (χ0v) is 17.8. The summed E-state index contributed by atoms with van der Waals surface area (Å²) < 4.78 is 0.889. The molecule has 0 fully saturated rings. The van der Waals surface area contributed by atoms with Crippen LogP contribution in [0.15, 0.2) is 30.3 Å². The van der Waals surface area contributed by atoms with Crippen LogP contribution in [0.5, 0.6) is 0 Å². The molecule has 0 atom stereocenters. The summed E-state index contributed by atoms with van der Waals surface area (Å²) in [6.07, 6.45) is 0. The third-order valence-electron chi connectivity index (χ3n) is 4.35. The molecule has 3 aromatic rings. The second-order valence-electron chi connectivity index (χ2n) is 5.96. The summed E-state index contributed by atoms with van der Waals surface area (Å²) in [5.74, 6) is -0.291. The first-order valence-corrected chi connectivity index (χ1v) is 10.8. The number of thiazole rings is 1. The Hall–Kier alpha value is -2.07. The molecule has 1 aromatic carbocycles. The fourth-order valence-corrected chi connectivity index (χ4v) is 4.82. The van der Waals surface area contributed by atoms with Gasteiger partial charge in [-0.15, -0.1) is 0 Å². The zero-order chi connectivity index (χ0) is 20.3. The zero-order valence-electron chi connectivity index (χ0n) is 15.4. The number of benzene rings is 1. The van der Waals surface area contributed by atoms with Crippen LogP contribution in [0, 0.1) is 10.1 Å². The Bertz CT molecular complexity index is 1000. The smallest absolute Gasteiger partial charge is 0.302 e. The van der Waals surface area contributed by atoms with Crippen LogP contribution in [0.4, 0.5) is 10.1 Å². The van der Waals surface area contributed by atoms with E-state index in [1.54, 1.807) is 11.0 Å². The molecule has 2 heterocycles. The van der Waals surface area contributed by atoms with Crippen molar-refractivity contribution >= 4 is 60.5 Å². The lowest BCUT2D eigenvalue weighted by atomic mass is 10.3. The molecule has 0 unspecified atom stereocenters. The number of carbonyl (C=O) groups excluding carboxylic acids is 1. The molecule has 7 nitrogen and oxygen atoms in total. The number of aromatic nitrogens is 1. The standard InChI is InChI=1S/C18H19ClN4O3S2/c1-3-21(4-2)10-11-22(17(24)14-8-9-15(27-14)23(25)26)18-20-16-12(19)6-5-7-13(16)28-18/h5-9H,3-4,10-11H2,1-2H3. The number of amides is 1. The number of fused-ring (bicyclic) bond motifs is 1. The van der Waals surface area contributed by atoms with Crippen LogP contribution >= 0.6 is 34.3 Å². The van der Waals surface area contributed by atoms with E-state index < -0.39 is 4.92 Å². The van der Waals surface area contributed by atoms with Crippen LogP contribution in [0.3, 0.4) is 0 Å². The van der Waals surface area contributed by atoms with Gasteiger partial charge in [-0.05, 0) is 31.3 Å². The van der Waals surface area contributed by atoms with Crippen molar-refractivity contribution in [3.05, 3.63) is 50.3 Å². The number of hydrogen-bond donors (Lipinski definition) is 0. The second-order valence-corrected chi connectivity index (χ2v) is 8.44. The summed E-state index contributed by atoms with van der Waals surface area (Å²) >= 11 is 8.50. The van der Waals surface area contributed by atoms with E-state index in [9.17, 15) is 14.9 Å². The van der Waals surface area contributed by atoms with Crippen LogP contribution in [0.2, 0.25) is 5.02 Å². The van der Waals surface area contributed by atoms with Gasteiger partial charge in [-0.3, -0.25) is 19.8 Å². The van der Waals surface area contributed by atoms with E-state index in [0.717, 1.165) is 29.1 Å². The van der Waals surface area contributed by atoms with Gasteiger partial charge in [0.05, 0.1) is 19.5 Å². The number of halogens is 1. The monoisotopic (exact) mass is 438 g/mol. The number of thiophene rings is 1. The Morgan fingerprint density at radius 2 is 1.93 bits per heavy atom. The molecule has 0 saturated heterocycles. The minimum Gasteiger partial charge on any atom is -0.302 e. The number of hydrogen-bond acceptors (Lipinski definition) is 7. The van der Waals surface area contributed by atoms with E-state index in [0.29, 0.717) is 33.6 Å². The average Bonchev–Trinajstić information content (AvgIpc) is 3.33. The number of nitrogens with zero attached hydrogens (tertiary/aromatic N) is 4. The summed E-state index contributed by atoms with van der Waals surface area (Å²) in [6, 6.07) is 8.37. The minimum absolute atomic E-state index is 0.0561. The molecule has 3 rings (SSSR count). The second kappa shape index (κ2) is 8.95. The van der Waals surface area contributed by atoms with Crippen molar-refractivity contribution in [2.45, 2.75) is 13.8 Å². The van der Waals surface area contributed by atoms with Crippen LogP contribution in [-0.2, 0) is 0 Å². The Kier molecular flexibility index (Phi) is 6.61. The molecule has 148 valence electrons. The summed E-state index contributed by atoms with van der Waals surface area (Å²) in [7, 11) is 0. The van der Waals surface area contributed by atoms with Gasteiger partial charge in [0.15, 0.2) is 5.13 Å². The predicted molar refractivity (Wildman–Crippen MR) is 115 cm³/mol. The van der Waals surface area contributed by atoms with E-state index >= 15 is 0 Å². The lowest BCUT2D eigenvalue weighted by molar-refractivity contribution is -0.380. The molecule has 0 aliphatic rings. The first-order valence-electron chi connectivity index (χ1n) is 8.78. The summed E-state index contributed by atoms with van der Waals surface area (Å²) in [5, 5.41) is 12.0. The van der Waals surface area contributed by atoms with Gasteiger partial charge >= 0.3 is 5.00 Å². The van der Waals surface area contributed by atoms with Crippen LogP contribution < -0.4 is 4.90 Å². The number of rotatable bonds is 8. The Morgan fingerprint density at radius 1 is 1.18 bits per heavy atom. The first-order chi connectivity index (χ1) is 13.4. The average molecular weight is 439 g/mol. The predicted octanol–water partition coefficient (Wildman–Crippen LogP) is 4.91. The molecule has 10 heteroatoms. The van der Waals surface area contributed by atoms with Crippen molar-refractivity contribution in [1.29, 1.82) is 0 Å². The highest BCUT2D eigenvalue weighted by molar-refractivity contribution is 7.22. The van der Waals surface area contributed by atoms with Crippen molar-refractivity contribution in [3.63, 3.8) is 0 Å². The summed E-state index contributed by atoms with van der Waals surface area (Å²) in [4.78, 5) is 32.3. The van der Waals surface area contributed by atoms with Crippen LogP contribution in [0.1, 0.15) is 23.5 Å². The number of para-hydroxylation sites is 1. The highest BCUT2D eigenvalue weighted by Crippen LogP contribution is 2.34. The van der Waals surface area contributed by atoms with E-state index in [4.69, 9.17) is 11.6 Å². The van der Waals surface area contributed by atoms with Crippen LogP contribution in [0.25, 0.3) is 10.2 Å². The van der Waals surface area contributed by atoms with E-state index in [2.05, 4.69) is 23.7 Å². The number of carbonyl (C=O) groups is 1. The third kappa shape index (κ3) is 4.33. The maximum absolute atomic E-state index is 13.2. The fraction of sp³-hybridized carbons (Fsp3) is 0.333. The molecule has 0 bridgehead atoms. The quantitative estimate of drug-likeness (QED) is 0.369. The lowest BCUT2D eigenvalue weighted by Crippen LogP contribution is -2.38. The largest absolute Gasteiger partial charge is 0.324 e. The molecule has 0 spiro atoms. The number of nitro groups is 1. The van der Waals surface area contributed by atoms with E-state index in [-0.39, 0.29) is 10.9 Å². The van der Waals surface area contributed by atoms with Gasteiger partial charge in [-0.1, -0.05) is 54.2 Å². The van der Waals surface area contributed by atoms with Crippen LogP contribution in [-0.4, -0.2) is 46.9 Å². The van der Waals surface area contributed by atoms with Crippen molar-refractivity contribution < 1.29 is 9.72 Å². The molecule has 0 radical (unpaired) electrons.